The normalized spacial score (nSPS) is 18.8. The standard InChI is InChI=1S/C8H19N3O/c9-10-3-7-12-8-6-11-4-1-2-5-11/h10H,1-9H2. The molecule has 0 aromatic carbocycles. The van der Waals surface area contributed by atoms with Crippen LogP contribution < -0.4 is 11.3 Å². The Bertz CT molecular complexity index is 104. The van der Waals surface area contributed by atoms with Gasteiger partial charge >= 0.3 is 0 Å². The number of nitrogens with one attached hydrogen (secondary N) is 1. The molecule has 1 rings (SSSR count). The zero-order valence-electron chi connectivity index (χ0n) is 7.59. The fourth-order valence-corrected chi connectivity index (χ4v) is 1.43. The van der Waals surface area contributed by atoms with Gasteiger partial charge in [-0.3, -0.25) is 11.3 Å². The van der Waals surface area contributed by atoms with E-state index in [4.69, 9.17) is 10.6 Å². The third-order valence-corrected chi connectivity index (χ3v) is 2.14. The molecule has 0 bridgehead atoms. The van der Waals surface area contributed by atoms with Crippen LogP contribution in [0.15, 0.2) is 0 Å². The van der Waals surface area contributed by atoms with Gasteiger partial charge in [0.2, 0.25) is 0 Å². The maximum atomic E-state index is 5.35. The van der Waals surface area contributed by atoms with E-state index in [1.54, 1.807) is 0 Å². The van der Waals surface area contributed by atoms with Crippen LogP contribution >= 0.6 is 0 Å². The first-order chi connectivity index (χ1) is 5.93. The lowest BCUT2D eigenvalue weighted by Gasteiger charge is -2.13. The van der Waals surface area contributed by atoms with E-state index in [1.165, 1.54) is 25.9 Å². The Morgan fingerprint density at radius 3 is 2.67 bits per heavy atom. The van der Waals surface area contributed by atoms with E-state index in [0.29, 0.717) is 6.61 Å². The van der Waals surface area contributed by atoms with Gasteiger partial charge in [0.25, 0.3) is 0 Å². The number of hydrazine groups is 1. The van der Waals surface area contributed by atoms with Crippen LogP contribution in [0.5, 0.6) is 0 Å². The van der Waals surface area contributed by atoms with Crippen molar-refractivity contribution < 1.29 is 4.74 Å². The molecule has 1 fully saturated rings. The van der Waals surface area contributed by atoms with Crippen LogP contribution in [0, 0.1) is 0 Å². The molecule has 1 aliphatic heterocycles. The van der Waals surface area contributed by atoms with Gasteiger partial charge in [0.05, 0.1) is 13.2 Å². The van der Waals surface area contributed by atoms with Crippen molar-refractivity contribution in [1.29, 1.82) is 0 Å². The highest BCUT2D eigenvalue weighted by molar-refractivity contribution is 4.64. The molecule has 4 heteroatoms. The third kappa shape index (κ3) is 4.01. The van der Waals surface area contributed by atoms with Gasteiger partial charge in [0.15, 0.2) is 0 Å². The maximum Gasteiger partial charge on any atom is 0.0605 e. The number of rotatable bonds is 6. The topological polar surface area (TPSA) is 50.5 Å². The van der Waals surface area contributed by atoms with Crippen molar-refractivity contribution in [2.75, 3.05) is 39.4 Å². The molecule has 3 N–H and O–H groups in total. The lowest BCUT2D eigenvalue weighted by Crippen LogP contribution is -2.28. The number of hydrogen-bond acceptors (Lipinski definition) is 4. The highest BCUT2D eigenvalue weighted by Gasteiger charge is 2.09. The number of ether oxygens (including phenoxy) is 1. The summed E-state index contributed by atoms with van der Waals surface area (Å²) in [5.41, 5.74) is 2.56. The molecule has 0 aliphatic carbocycles. The molecule has 0 aromatic rings. The minimum absolute atomic E-state index is 0.713. The van der Waals surface area contributed by atoms with E-state index in [1.807, 2.05) is 0 Å². The minimum atomic E-state index is 0.713. The molecule has 0 amide bonds. The smallest absolute Gasteiger partial charge is 0.0605 e. The molecule has 0 aromatic heterocycles. The molecule has 0 unspecified atom stereocenters. The average Bonchev–Trinajstić information content (AvgIpc) is 2.57. The van der Waals surface area contributed by atoms with E-state index in [-0.39, 0.29) is 0 Å². The molecule has 12 heavy (non-hydrogen) atoms. The summed E-state index contributed by atoms with van der Waals surface area (Å²) in [6.07, 6.45) is 2.70. The molecule has 0 spiro atoms. The number of nitrogens with zero attached hydrogens (tertiary/aromatic N) is 1. The van der Waals surface area contributed by atoms with Crippen LogP contribution in [0.3, 0.4) is 0 Å². The molecule has 0 radical (unpaired) electrons. The molecule has 4 nitrogen and oxygen atoms in total. The predicted octanol–water partition coefficient (Wildman–Crippen LogP) is -0.438. The van der Waals surface area contributed by atoms with Crippen LogP contribution in [0.1, 0.15) is 12.8 Å². The van der Waals surface area contributed by atoms with Crippen LogP contribution in [0.4, 0.5) is 0 Å². The Labute approximate surface area is 74.0 Å². The summed E-state index contributed by atoms with van der Waals surface area (Å²) in [4.78, 5) is 2.44. The highest BCUT2D eigenvalue weighted by Crippen LogP contribution is 2.05. The fourth-order valence-electron chi connectivity index (χ4n) is 1.43. The summed E-state index contributed by atoms with van der Waals surface area (Å²) in [6.45, 7) is 5.85. The number of nitrogens with two attached hydrogens (primary N) is 1. The SMILES string of the molecule is NNCCOCCN1CCCC1. The summed E-state index contributed by atoms with van der Waals surface area (Å²) in [7, 11) is 0. The molecule has 1 aliphatic rings. The van der Waals surface area contributed by atoms with Gasteiger partial charge in [-0.15, -0.1) is 0 Å². The summed E-state index contributed by atoms with van der Waals surface area (Å²) in [5, 5.41) is 0. The van der Waals surface area contributed by atoms with Crippen LogP contribution in [-0.2, 0) is 4.74 Å². The summed E-state index contributed by atoms with van der Waals surface area (Å²) in [5.74, 6) is 5.09. The van der Waals surface area contributed by atoms with Crippen LogP contribution in [0.25, 0.3) is 0 Å². The van der Waals surface area contributed by atoms with Gasteiger partial charge in [-0.2, -0.15) is 0 Å². The van der Waals surface area contributed by atoms with Gasteiger partial charge in [0, 0.05) is 13.1 Å². The molecule has 0 atom stereocenters. The average molecular weight is 173 g/mol. The first-order valence-electron chi connectivity index (χ1n) is 4.67. The highest BCUT2D eigenvalue weighted by atomic mass is 16.5. The molecule has 1 heterocycles. The molecule has 1 saturated heterocycles. The molecular weight excluding hydrogens is 154 g/mol. The second kappa shape index (κ2) is 6.37. The van der Waals surface area contributed by atoms with Gasteiger partial charge in [-0.25, -0.2) is 0 Å². The monoisotopic (exact) mass is 173 g/mol. The van der Waals surface area contributed by atoms with E-state index in [0.717, 1.165) is 19.7 Å². The van der Waals surface area contributed by atoms with Gasteiger partial charge < -0.3 is 9.64 Å². The Morgan fingerprint density at radius 2 is 2.00 bits per heavy atom. The van der Waals surface area contributed by atoms with Crippen molar-refractivity contribution >= 4 is 0 Å². The van der Waals surface area contributed by atoms with Crippen LogP contribution in [0.2, 0.25) is 0 Å². The van der Waals surface area contributed by atoms with Gasteiger partial charge in [0.1, 0.15) is 0 Å². The van der Waals surface area contributed by atoms with Crippen molar-refractivity contribution in [1.82, 2.24) is 10.3 Å². The molecule has 0 saturated carbocycles. The first-order valence-corrected chi connectivity index (χ1v) is 4.67. The summed E-state index contributed by atoms with van der Waals surface area (Å²) in [6, 6.07) is 0. The van der Waals surface area contributed by atoms with E-state index >= 15 is 0 Å². The van der Waals surface area contributed by atoms with Crippen molar-refractivity contribution in [3.63, 3.8) is 0 Å². The Balaban J connectivity index is 1.81. The number of hydrogen-bond donors (Lipinski definition) is 2. The molecular formula is C8H19N3O. The predicted molar refractivity (Wildman–Crippen MR) is 48.7 cm³/mol. The van der Waals surface area contributed by atoms with E-state index in [2.05, 4.69) is 10.3 Å². The second-order valence-electron chi connectivity index (χ2n) is 3.12. The Hall–Kier alpha value is -0.160. The summed E-state index contributed by atoms with van der Waals surface area (Å²) >= 11 is 0. The van der Waals surface area contributed by atoms with E-state index < -0.39 is 0 Å². The maximum absolute atomic E-state index is 5.35. The van der Waals surface area contributed by atoms with Crippen LogP contribution in [-0.4, -0.2) is 44.3 Å². The van der Waals surface area contributed by atoms with Gasteiger partial charge in [-0.05, 0) is 25.9 Å². The van der Waals surface area contributed by atoms with Crippen molar-refractivity contribution in [2.45, 2.75) is 12.8 Å². The molecule has 72 valence electrons. The zero-order valence-corrected chi connectivity index (χ0v) is 7.59. The fraction of sp³-hybridized carbons (Fsp3) is 1.00. The summed E-state index contributed by atoms with van der Waals surface area (Å²) < 4.78 is 5.35. The minimum Gasteiger partial charge on any atom is -0.379 e. The van der Waals surface area contributed by atoms with E-state index in [9.17, 15) is 0 Å². The van der Waals surface area contributed by atoms with Gasteiger partial charge in [-0.1, -0.05) is 0 Å². The second-order valence-corrected chi connectivity index (χ2v) is 3.12. The van der Waals surface area contributed by atoms with Crippen molar-refractivity contribution in [3.8, 4) is 0 Å². The van der Waals surface area contributed by atoms with Crippen molar-refractivity contribution in [2.24, 2.45) is 5.84 Å². The Morgan fingerprint density at radius 1 is 1.25 bits per heavy atom. The lowest BCUT2D eigenvalue weighted by atomic mass is 10.4. The lowest BCUT2D eigenvalue weighted by molar-refractivity contribution is 0.113. The third-order valence-electron chi connectivity index (χ3n) is 2.14. The number of likely N-dealkylation sites (tertiary alicyclic amines) is 1. The first kappa shape index (κ1) is 9.92. The quantitative estimate of drug-likeness (QED) is 0.325. The Kier molecular flexibility index (Phi) is 5.27. The largest absolute Gasteiger partial charge is 0.379 e. The van der Waals surface area contributed by atoms with Crippen molar-refractivity contribution in [3.05, 3.63) is 0 Å². The zero-order chi connectivity index (χ0) is 8.65.